The van der Waals surface area contributed by atoms with E-state index in [-0.39, 0.29) is 12.3 Å². The van der Waals surface area contributed by atoms with E-state index in [4.69, 9.17) is 5.11 Å². The molecule has 0 aliphatic carbocycles. The number of carboxylic acids is 2. The maximum absolute atomic E-state index is 11.0. The van der Waals surface area contributed by atoms with Crippen molar-refractivity contribution in [3.8, 4) is 5.75 Å². The van der Waals surface area contributed by atoms with Crippen molar-refractivity contribution in [3.63, 3.8) is 0 Å². The zero-order chi connectivity index (χ0) is 15.3. The fourth-order valence-corrected chi connectivity index (χ4v) is 1.83. The van der Waals surface area contributed by atoms with Gasteiger partial charge >= 0.3 is 5.97 Å². The molecule has 1 unspecified atom stereocenters. The number of carbonyl (C=O) groups excluding carboxylic acids is 1. The third-order valence-corrected chi connectivity index (χ3v) is 2.89. The van der Waals surface area contributed by atoms with Gasteiger partial charge in [-0.2, -0.15) is 0 Å². The number of aliphatic carboxylic acids is 2. The lowest BCUT2D eigenvalue weighted by Gasteiger charge is -2.27. The van der Waals surface area contributed by atoms with Crippen molar-refractivity contribution in [3.05, 3.63) is 29.8 Å². The Morgan fingerprint density at radius 2 is 2.05 bits per heavy atom. The van der Waals surface area contributed by atoms with Gasteiger partial charge in [-0.05, 0) is 24.7 Å². The highest BCUT2D eigenvalue weighted by atomic mass is 16.4. The van der Waals surface area contributed by atoms with Gasteiger partial charge in [-0.3, -0.25) is 9.69 Å². The summed E-state index contributed by atoms with van der Waals surface area (Å²) in [5.41, 5.74) is 0.412. The predicted octanol–water partition coefficient (Wildman–Crippen LogP) is -1.05. The van der Waals surface area contributed by atoms with Crippen LogP contribution < -0.4 is 5.11 Å². The molecule has 7 heteroatoms. The van der Waals surface area contributed by atoms with Crippen molar-refractivity contribution in [1.82, 2.24) is 4.90 Å². The summed E-state index contributed by atoms with van der Waals surface area (Å²) in [6.45, 7) is -0.0896. The molecule has 0 aliphatic heterocycles. The molecular formula is C13H16NO6-. The van der Waals surface area contributed by atoms with Crippen LogP contribution in [0.2, 0.25) is 0 Å². The van der Waals surface area contributed by atoms with Crippen molar-refractivity contribution >= 4 is 11.9 Å². The van der Waals surface area contributed by atoms with Gasteiger partial charge in [0.2, 0.25) is 0 Å². The van der Waals surface area contributed by atoms with Gasteiger partial charge in [-0.1, -0.05) is 12.1 Å². The minimum absolute atomic E-state index is 0.0197. The normalized spacial score (nSPS) is 13.9. The van der Waals surface area contributed by atoms with E-state index in [1.807, 2.05) is 0 Å². The summed E-state index contributed by atoms with van der Waals surface area (Å²) in [6, 6.07) is 4.63. The number of benzene rings is 1. The van der Waals surface area contributed by atoms with Crippen LogP contribution in [0.25, 0.3) is 0 Å². The van der Waals surface area contributed by atoms with Crippen LogP contribution in [-0.4, -0.2) is 51.8 Å². The molecule has 2 atom stereocenters. The molecule has 20 heavy (non-hydrogen) atoms. The zero-order valence-corrected chi connectivity index (χ0v) is 10.9. The van der Waals surface area contributed by atoms with E-state index in [9.17, 15) is 24.9 Å². The third kappa shape index (κ3) is 4.52. The quantitative estimate of drug-likeness (QED) is 0.583. The molecule has 0 spiro atoms. The largest absolute Gasteiger partial charge is 0.550 e. The van der Waals surface area contributed by atoms with E-state index < -0.39 is 30.5 Å². The fourth-order valence-electron chi connectivity index (χ4n) is 1.83. The summed E-state index contributed by atoms with van der Waals surface area (Å²) >= 11 is 0. The first-order valence-electron chi connectivity index (χ1n) is 5.91. The molecule has 1 aromatic carbocycles. The van der Waals surface area contributed by atoms with Gasteiger partial charge in [0.1, 0.15) is 11.8 Å². The summed E-state index contributed by atoms with van der Waals surface area (Å²) in [5.74, 6) is -2.80. The van der Waals surface area contributed by atoms with Crippen LogP contribution >= 0.6 is 0 Å². The van der Waals surface area contributed by atoms with Gasteiger partial charge < -0.3 is 25.2 Å². The predicted molar refractivity (Wildman–Crippen MR) is 66.7 cm³/mol. The molecule has 0 radical (unpaired) electrons. The number of aliphatic hydroxyl groups is 1. The Hall–Kier alpha value is -2.12. The third-order valence-electron chi connectivity index (χ3n) is 2.89. The summed E-state index contributed by atoms with van der Waals surface area (Å²) < 4.78 is 0. The number of aromatic hydroxyl groups is 1. The highest BCUT2D eigenvalue weighted by Gasteiger charge is 2.25. The number of rotatable bonds is 7. The second kappa shape index (κ2) is 6.88. The van der Waals surface area contributed by atoms with E-state index in [1.54, 1.807) is 12.1 Å². The van der Waals surface area contributed by atoms with Crippen molar-refractivity contribution in [2.75, 3.05) is 13.6 Å². The van der Waals surface area contributed by atoms with Gasteiger partial charge in [0.15, 0.2) is 0 Å². The van der Waals surface area contributed by atoms with Crippen molar-refractivity contribution in [2.24, 2.45) is 0 Å². The molecule has 0 saturated carbocycles. The Labute approximate surface area is 115 Å². The molecule has 1 rings (SSSR count). The Balaban J connectivity index is 2.74. The monoisotopic (exact) mass is 282 g/mol. The molecule has 0 amide bonds. The topological polar surface area (TPSA) is 121 Å². The van der Waals surface area contributed by atoms with E-state index in [0.29, 0.717) is 5.56 Å². The molecule has 0 heterocycles. The number of aliphatic hydroxyl groups excluding tert-OH is 1. The second-order valence-corrected chi connectivity index (χ2v) is 4.48. The van der Waals surface area contributed by atoms with E-state index >= 15 is 0 Å². The average Bonchev–Trinajstić information content (AvgIpc) is 2.35. The SMILES string of the molecule is CN(C[C@H](O)c1cccc(O)c1)C(CC(=O)[O-])C(=O)O. The van der Waals surface area contributed by atoms with E-state index in [0.717, 1.165) is 0 Å². The minimum atomic E-state index is -1.48. The Kier molecular flexibility index (Phi) is 5.48. The van der Waals surface area contributed by atoms with Crippen LogP contribution in [0.15, 0.2) is 24.3 Å². The first kappa shape index (κ1) is 15.9. The molecular weight excluding hydrogens is 266 g/mol. The highest BCUT2D eigenvalue weighted by molar-refractivity contribution is 5.79. The van der Waals surface area contributed by atoms with Gasteiger partial charge in [0.25, 0.3) is 0 Å². The van der Waals surface area contributed by atoms with E-state index in [1.165, 1.54) is 24.1 Å². The first-order chi connectivity index (χ1) is 9.31. The second-order valence-electron chi connectivity index (χ2n) is 4.48. The first-order valence-corrected chi connectivity index (χ1v) is 5.91. The van der Waals surface area contributed by atoms with Crippen LogP contribution in [-0.2, 0) is 9.59 Å². The summed E-state index contributed by atoms with van der Waals surface area (Å²) in [4.78, 5) is 22.7. The number of nitrogens with zero attached hydrogens (tertiary/aromatic N) is 1. The summed E-state index contributed by atoms with van der Waals surface area (Å²) in [7, 11) is 1.40. The van der Waals surface area contributed by atoms with Gasteiger partial charge in [-0.15, -0.1) is 0 Å². The summed E-state index contributed by atoms with van der Waals surface area (Å²) in [6.07, 6.45) is -1.71. The molecule has 0 aliphatic rings. The molecule has 0 fully saturated rings. The lowest BCUT2D eigenvalue weighted by atomic mass is 10.1. The van der Waals surface area contributed by atoms with Crippen LogP contribution in [0.1, 0.15) is 18.1 Å². The van der Waals surface area contributed by atoms with Crippen molar-refractivity contribution < 1.29 is 30.0 Å². The molecule has 1 aromatic rings. The van der Waals surface area contributed by atoms with Gasteiger partial charge in [-0.25, -0.2) is 0 Å². The van der Waals surface area contributed by atoms with Crippen LogP contribution in [0.3, 0.4) is 0 Å². The molecule has 7 nitrogen and oxygen atoms in total. The maximum atomic E-state index is 11.0. The van der Waals surface area contributed by atoms with E-state index in [2.05, 4.69) is 0 Å². The number of phenols is 1. The average molecular weight is 282 g/mol. The van der Waals surface area contributed by atoms with Gasteiger partial charge in [0.05, 0.1) is 6.10 Å². The van der Waals surface area contributed by atoms with Gasteiger partial charge in [0, 0.05) is 18.9 Å². The fraction of sp³-hybridized carbons (Fsp3) is 0.385. The number of carboxylic acid groups (broad SMARTS) is 2. The summed E-state index contributed by atoms with van der Waals surface area (Å²) in [5, 5.41) is 38.8. The number of hydrogen-bond acceptors (Lipinski definition) is 6. The highest BCUT2D eigenvalue weighted by Crippen LogP contribution is 2.19. The Morgan fingerprint density at radius 1 is 1.40 bits per heavy atom. The van der Waals surface area contributed by atoms with Crippen molar-refractivity contribution in [2.45, 2.75) is 18.6 Å². The number of phenolic OH excluding ortho intramolecular Hbond substituents is 1. The standard InChI is InChI=1S/C13H17NO6/c1-14(10(13(19)20)6-12(17)18)7-11(16)8-3-2-4-9(15)5-8/h2-5,10-11,15-16H,6-7H2,1H3,(H,17,18)(H,19,20)/p-1/t10?,11-/m0/s1. The molecule has 0 aromatic heterocycles. The molecule has 0 saturated heterocycles. The Morgan fingerprint density at radius 3 is 2.55 bits per heavy atom. The Bertz CT molecular complexity index is 490. The smallest absolute Gasteiger partial charge is 0.321 e. The minimum Gasteiger partial charge on any atom is -0.550 e. The lowest BCUT2D eigenvalue weighted by molar-refractivity contribution is -0.306. The van der Waals surface area contributed by atoms with Crippen LogP contribution in [0.5, 0.6) is 5.75 Å². The number of carbonyl (C=O) groups is 2. The van der Waals surface area contributed by atoms with Crippen LogP contribution in [0, 0.1) is 0 Å². The molecule has 110 valence electrons. The number of hydrogen-bond donors (Lipinski definition) is 3. The number of likely N-dealkylation sites (N-methyl/N-ethyl adjacent to an activating group) is 1. The lowest BCUT2D eigenvalue weighted by Crippen LogP contribution is -2.44. The molecule has 3 N–H and O–H groups in total. The maximum Gasteiger partial charge on any atom is 0.321 e. The zero-order valence-electron chi connectivity index (χ0n) is 10.9. The van der Waals surface area contributed by atoms with Crippen molar-refractivity contribution in [1.29, 1.82) is 0 Å². The molecule has 0 bridgehead atoms. The van der Waals surface area contributed by atoms with Crippen LogP contribution in [0.4, 0.5) is 0 Å².